The molecule has 0 heterocycles. The molecule has 0 saturated carbocycles. The van der Waals surface area contributed by atoms with E-state index in [9.17, 15) is 9.18 Å². The summed E-state index contributed by atoms with van der Waals surface area (Å²) >= 11 is 1.41. The van der Waals surface area contributed by atoms with E-state index < -0.39 is 0 Å². The van der Waals surface area contributed by atoms with Crippen molar-refractivity contribution in [2.75, 3.05) is 20.0 Å². The Labute approximate surface area is 145 Å². The minimum atomic E-state index is -0.311. The summed E-state index contributed by atoms with van der Waals surface area (Å²) in [6.07, 6.45) is 0. The molecule has 0 aliphatic rings. The molecule has 1 N–H and O–H groups in total. The third-order valence-corrected chi connectivity index (χ3v) is 4.34. The van der Waals surface area contributed by atoms with Gasteiger partial charge in [-0.05, 0) is 35.9 Å². The highest BCUT2D eigenvalue weighted by Crippen LogP contribution is 2.24. The number of amides is 1. The molecule has 0 radical (unpaired) electrons. The Bertz CT molecular complexity index is 694. The average Bonchev–Trinajstić information content (AvgIpc) is 2.60. The minimum absolute atomic E-state index is 0.0711. The molecular weight excluding hydrogens is 329 g/mol. The van der Waals surface area contributed by atoms with Gasteiger partial charge < -0.3 is 14.8 Å². The van der Waals surface area contributed by atoms with E-state index in [0.717, 1.165) is 16.9 Å². The molecule has 0 spiro atoms. The zero-order valence-corrected chi connectivity index (χ0v) is 14.5. The number of carbonyl (C=O) groups is 1. The summed E-state index contributed by atoms with van der Waals surface area (Å²) in [7, 11) is 3.15. The third-order valence-electron chi connectivity index (χ3n) is 3.36. The average molecular weight is 349 g/mol. The SMILES string of the molecule is COc1cccc(CNC(=O)CSCc2cc(F)ccc2OC)c1. The maximum Gasteiger partial charge on any atom is 0.230 e. The number of benzene rings is 2. The van der Waals surface area contributed by atoms with E-state index in [2.05, 4.69) is 5.32 Å². The fraction of sp³-hybridized carbons (Fsp3) is 0.278. The molecule has 1 amide bonds. The summed E-state index contributed by atoms with van der Waals surface area (Å²) in [6, 6.07) is 11.9. The lowest BCUT2D eigenvalue weighted by molar-refractivity contribution is -0.118. The second-order valence-electron chi connectivity index (χ2n) is 5.08. The highest BCUT2D eigenvalue weighted by atomic mass is 32.2. The van der Waals surface area contributed by atoms with Gasteiger partial charge in [0.15, 0.2) is 0 Å². The van der Waals surface area contributed by atoms with E-state index in [1.165, 1.54) is 23.9 Å². The summed E-state index contributed by atoms with van der Waals surface area (Å²) in [5.74, 6) is 1.80. The van der Waals surface area contributed by atoms with Crippen LogP contribution in [-0.4, -0.2) is 25.9 Å². The van der Waals surface area contributed by atoms with E-state index in [0.29, 0.717) is 23.8 Å². The molecule has 0 saturated heterocycles. The molecule has 4 nitrogen and oxygen atoms in total. The molecule has 6 heteroatoms. The smallest absolute Gasteiger partial charge is 0.230 e. The summed E-state index contributed by atoms with van der Waals surface area (Å²) in [5.41, 5.74) is 1.71. The van der Waals surface area contributed by atoms with Crippen molar-refractivity contribution in [2.45, 2.75) is 12.3 Å². The monoisotopic (exact) mass is 349 g/mol. The molecular formula is C18H20FNO3S. The molecule has 2 aromatic carbocycles. The molecule has 0 atom stereocenters. The number of halogens is 1. The van der Waals surface area contributed by atoms with Crippen LogP contribution >= 0.6 is 11.8 Å². The zero-order valence-electron chi connectivity index (χ0n) is 13.7. The first kappa shape index (κ1) is 18.1. The Morgan fingerprint density at radius 3 is 2.75 bits per heavy atom. The number of thioether (sulfide) groups is 1. The first-order valence-electron chi connectivity index (χ1n) is 7.42. The van der Waals surface area contributed by atoms with Crippen LogP contribution < -0.4 is 14.8 Å². The van der Waals surface area contributed by atoms with Crippen molar-refractivity contribution in [3.63, 3.8) is 0 Å². The second-order valence-corrected chi connectivity index (χ2v) is 6.06. The second kappa shape index (κ2) is 9.17. The van der Waals surface area contributed by atoms with Gasteiger partial charge in [-0.15, -0.1) is 11.8 Å². The zero-order chi connectivity index (χ0) is 17.4. The van der Waals surface area contributed by atoms with Crippen LogP contribution in [0.3, 0.4) is 0 Å². The summed E-state index contributed by atoms with van der Waals surface area (Å²) in [4.78, 5) is 11.9. The van der Waals surface area contributed by atoms with E-state index in [1.54, 1.807) is 20.3 Å². The Balaban J connectivity index is 1.78. The summed E-state index contributed by atoms with van der Waals surface area (Å²) in [5, 5.41) is 2.86. The van der Waals surface area contributed by atoms with Gasteiger partial charge >= 0.3 is 0 Å². The third kappa shape index (κ3) is 5.45. The number of hydrogen-bond acceptors (Lipinski definition) is 4. The number of nitrogens with one attached hydrogen (secondary N) is 1. The van der Waals surface area contributed by atoms with E-state index >= 15 is 0 Å². The molecule has 128 valence electrons. The predicted octanol–water partition coefficient (Wildman–Crippen LogP) is 3.39. The maximum absolute atomic E-state index is 13.3. The van der Waals surface area contributed by atoms with Gasteiger partial charge in [-0.25, -0.2) is 4.39 Å². The van der Waals surface area contributed by atoms with Gasteiger partial charge in [-0.3, -0.25) is 4.79 Å². The Morgan fingerprint density at radius 1 is 1.17 bits per heavy atom. The van der Waals surface area contributed by atoms with Crippen molar-refractivity contribution < 1.29 is 18.7 Å². The fourth-order valence-corrected chi connectivity index (χ4v) is 2.98. The first-order valence-corrected chi connectivity index (χ1v) is 8.57. The largest absolute Gasteiger partial charge is 0.497 e. The van der Waals surface area contributed by atoms with Gasteiger partial charge in [0, 0.05) is 17.9 Å². The fourth-order valence-electron chi connectivity index (χ4n) is 2.15. The molecule has 0 aliphatic carbocycles. The highest BCUT2D eigenvalue weighted by molar-refractivity contribution is 7.99. The number of methoxy groups -OCH3 is 2. The van der Waals surface area contributed by atoms with E-state index in [-0.39, 0.29) is 11.7 Å². The van der Waals surface area contributed by atoms with Gasteiger partial charge in [0.2, 0.25) is 5.91 Å². The highest BCUT2D eigenvalue weighted by Gasteiger charge is 2.07. The maximum atomic E-state index is 13.3. The van der Waals surface area contributed by atoms with Crippen molar-refractivity contribution in [3.8, 4) is 11.5 Å². The van der Waals surface area contributed by atoms with Crippen LogP contribution in [0.5, 0.6) is 11.5 Å². The van der Waals surface area contributed by atoms with Crippen LogP contribution in [0.1, 0.15) is 11.1 Å². The number of carbonyl (C=O) groups excluding carboxylic acids is 1. The van der Waals surface area contributed by atoms with Crippen LogP contribution in [0.2, 0.25) is 0 Å². The molecule has 0 fully saturated rings. The van der Waals surface area contributed by atoms with Crippen molar-refractivity contribution >= 4 is 17.7 Å². The molecule has 0 bridgehead atoms. The number of rotatable bonds is 8. The lowest BCUT2D eigenvalue weighted by Crippen LogP contribution is -2.24. The summed E-state index contributed by atoms with van der Waals surface area (Å²) in [6.45, 7) is 0.444. The van der Waals surface area contributed by atoms with Crippen LogP contribution in [0.15, 0.2) is 42.5 Å². The Kier molecular flexibility index (Phi) is 6.93. The molecule has 24 heavy (non-hydrogen) atoms. The van der Waals surface area contributed by atoms with Gasteiger partial charge in [0.25, 0.3) is 0 Å². The van der Waals surface area contributed by atoms with Gasteiger partial charge in [0.1, 0.15) is 17.3 Å². The molecule has 2 rings (SSSR count). The lowest BCUT2D eigenvalue weighted by Gasteiger charge is -2.09. The van der Waals surface area contributed by atoms with Gasteiger partial charge in [0.05, 0.1) is 20.0 Å². The van der Waals surface area contributed by atoms with Crippen LogP contribution in [0, 0.1) is 5.82 Å². The lowest BCUT2D eigenvalue weighted by atomic mass is 10.2. The Morgan fingerprint density at radius 2 is 2.00 bits per heavy atom. The Hall–Kier alpha value is -2.21. The standard InChI is InChI=1S/C18H20FNO3S/c1-22-16-5-3-4-13(8-16)10-20-18(21)12-24-11-14-9-15(19)6-7-17(14)23-2/h3-9H,10-12H2,1-2H3,(H,20,21). The topological polar surface area (TPSA) is 47.6 Å². The van der Waals surface area contributed by atoms with Crippen LogP contribution in [0.4, 0.5) is 4.39 Å². The van der Waals surface area contributed by atoms with Crippen molar-refractivity contribution in [1.82, 2.24) is 5.32 Å². The first-order chi connectivity index (χ1) is 11.6. The molecule has 2 aromatic rings. The van der Waals surface area contributed by atoms with E-state index in [1.807, 2.05) is 24.3 Å². The van der Waals surface area contributed by atoms with Crippen LogP contribution in [-0.2, 0) is 17.1 Å². The van der Waals surface area contributed by atoms with Crippen LogP contribution in [0.25, 0.3) is 0 Å². The quantitative estimate of drug-likeness (QED) is 0.794. The van der Waals surface area contributed by atoms with Crippen molar-refractivity contribution in [3.05, 3.63) is 59.4 Å². The minimum Gasteiger partial charge on any atom is -0.497 e. The number of hydrogen-bond donors (Lipinski definition) is 1. The van der Waals surface area contributed by atoms with Crippen molar-refractivity contribution in [1.29, 1.82) is 0 Å². The molecule has 0 aliphatic heterocycles. The van der Waals surface area contributed by atoms with Crippen molar-refractivity contribution in [2.24, 2.45) is 0 Å². The number of ether oxygens (including phenoxy) is 2. The summed E-state index contributed by atoms with van der Waals surface area (Å²) < 4.78 is 23.6. The molecule has 0 unspecified atom stereocenters. The predicted molar refractivity (Wildman–Crippen MR) is 94.0 cm³/mol. The van der Waals surface area contributed by atoms with E-state index in [4.69, 9.17) is 9.47 Å². The normalized spacial score (nSPS) is 10.3. The van der Waals surface area contributed by atoms with Gasteiger partial charge in [-0.2, -0.15) is 0 Å². The van der Waals surface area contributed by atoms with Gasteiger partial charge in [-0.1, -0.05) is 12.1 Å². The molecule has 0 aromatic heterocycles.